The molecule has 37 nitrogen and oxygen atoms in total. The lowest BCUT2D eigenvalue weighted by Crippen LogP contribution is -2.49. The van der Waals surface area contributed by atoms with E-state index in [0.29, 0.717) is 29.6 Å². The maximum Gasteiger partial charge on any atom is 0.481 e. The number of aliphatic hydroxyl groups is 2. The van der Waals surface area contributed by atoms with Gasteiger partial charge in [0.1, 0.15) is 48.8 Å². The molecule has 9 unspecified atom stereocenters. The molecule has 4 rings (SSSR count). The van der Waals surface area contributed by atoms with E-state index >= 15 is 0 Å². The van der Waals surface area contributed by atoms with Crippen molar-refractivity contribution in [2.45, 2.75) is 80.7 Å². The standard InChI is InChI=1S/C37H53N12O25P3S2/c1-37(2,15-71-77(68,69)74-76(66,67)70-13-22-29(73-75(63,64)65)28(54)35(72-22)47-17-45-27-31(39)43-16-44-32(27)47)30(55)34(57)41-8-7-24(50)40-9-10-78-36(58)19(38)4-6-25(51)46-20(33(56)42-12-26(52)53)14-79-23-5-3-18(48(59)60)11-21(23)49(61)62/h3,5,11,16-17,19-20,22,28-30,35,54-55H,4,6-10,12-15,38H2,1-2H3,(H,40,50)(H,41,57)(H,42,56)(H,46,51)(H,52,53)(H,66,67)(H,68,69)(H2,39,43,44)(H2,63,64,65). The highest BCUT2D eigenvalue weighted by Crippen LogP contribution is 2.61. The fourth-order valence-electron chi connectivity index (χ4n) is 6.59. The molecule has 438 valence electrons. The van der Waals surface area contributed by atoms with Gasteiger partial charge in [-0.1, -0.05) is 25.6 Å². The number of amides is 4. The number of phosphoric acid groups is 3. The van der Waals surface area contributed by atoms with E-state index in [1.807, 2.05) is 0 Å². The van der Waals surface area contributed by atoms with Crippen molar-refractivity contribution in [2.24, 2.45) is 11.1 Å². The molecule has 2 aromatic heterocycles. The van der Waals surface area contributed by atoms with Gasteiger partial charge in [0.25, 0.3) is 11.4 Å². The topological polar surface area (TPSA) is 571 Å². The van der Waals surface area contributed by atoms with Crippen molar-refractivity contribution in [1.82, 2.24) is 40.8 Å². The molecule has 42 heteroatoms. The second-order valence-electron chi connectivity index (χ2n) is 17.1. The predicted octanol–water partition coefficient (Wildman–Crippen LogP) is -1.93. The lowest BCUT2D eigenvalue weighted by Gasteiger charge is -2.30. The van der Waals surface area contributed by atoms with Crippen LogP contribution in [-0.2, 0) is 65.1 Å². The number of aliphatic hydroxyl groups excluding tert-OH is 2. The summed E-state index contributed by atoms with van der Waals surface area (Å²) >= 11 is 1.37. The zero-order valence-corrected chi connectivity index (χ0v) is 45.3. The number of imidazole rings is 1. The third kappa shape index (κ3) is 20.4. The SMILES string of the molecule is CC(C)(COP(=O)(O)OP(=O)(O)OCC1OC(n2cnc3c(N)ncnc32)C(O)C1OP(=O)(O)O)C(O)C(=O)NCCC(=O)NCCSC(=O)C(N)CCC(=O)NC(CSc1ccc([N+](=O)[O-])cc1[N+](=O)[O-])C(=O)NCC(=O)O. The van der Waals surface area contributed by atoms with Gasteiger partial charge < -0.3 is 72.4 Å². The molecule has 3 aromatic rings. The molecule has 79 heavy (non-hydrogen) atoms. The number of hydrogen-bond donors (Lipinski definition) is 13. The highest BCUT2D eigenvalue weighted by Gasteiger charge is 2.50. The molecule has 0 radical (unpaired) electrons. The number of phosphoric ester groups is 3. The van der Waals surface area contributed by atoms with E-state index in [2.05, 4.69) is 45.1 Å². The van der Waals surface area contributed by atoms with E-state index in [9.17, 15) is 92.5 Å². The lowest BCUT2D eigenvalue weighted by atomic mass is 9.87. The van der Waals surface area contributed by atoms with Crippen LogP contribution in [0.25, 0.3) is 11.2 Å². The first-order chi connectivity index (χ1) is 36.7. The number of nitrogens with zero attached hydrogens (tertiary/aromatic N) is 6. The number of carbonyl (C=O) groups is 6. The number of nitrogen functional groups attached to an aromatic ring is 1. The van der Waals surface area contributed by atoms with Crippen molar-refractivity contribution >= 4 is 110 Å². The van der Waals surface area contributed by atoms with E-state index in [4.69, 9.17) is 30.4 Å². The number of hydrogen-bond acceptors (Lipinski definition) is 27. The van der Waals surface area contributed by atoms with Gasteiger partial charge in [-0.15, -0.1) is 11.8 Å². The molecule has 3 heterocycles. The number of thioether (sulfide) groups is 2. The number of aromatic nitrogens is 4. The molecular weight excluding hydrogens is 1170 g/mol. The summed E-state index contributed by atoms with van der Waals surface area (Å²) in [5, 5.41) is 61.7. The summed E-state index contributed by atoms with van der Waals surface area (Å²) in [6.45, 7) is -1.09. The Morgan fingerprint density at radius 2 is 1.62 bits per heavy atom. The van der Waals surface area contributed by atoms with Crippen molar-refractivity contribution in [1.29, 1.82) is 0 Å². The van der Waals surface area contributed by atoms with Crippen LogP contribution in [-0.4, -0.2) is 180 Å². The highest BCUT2D eigenvalue weighted by molar-refractivity contribution is 8.13. The Kier molecular flexibility index (Phi) is 23.9. The average Bonchev–Trinajstić information content (AvgIpc) is 4.12. The summed E-state index contributed by atoms with van der Waals surface area (Å²) < 4.78 is 62.3. The molecule has 1 aromatic carbocycles. The number of carbonyl (C=O) groups excluding carboxylic acids is 5. The number of aliphatic carboxylic acids is 1. The van der Waals surface area contributed by atoms with Gasteiger partial charge in [0.2, 0.25) is 28.7 Å². The van der Waals surface area contributed by atoms with Crippen LogP contribution in [0.15, 0.2) is 35.7 Å². The monoisotopic (exact) mass is 1220 g/mol. The van der Waals surface area contributed by atoms with Gasteiger partial charge in [0.05, 0.1) is 46.4 Å². The third-order valence-corrected chi connectivity index (χ3v) is 15.8. The fourth-order valence-corrected chi connectivity index (χ4v) is 11.2. The summed E-state index contributed by atoms with van der Waals surface area (Å²) in [7, 11) is -16.6. The minimum atomic E-state index is -5.66. The van der Waals surface area contributed by atoms with Gasteiger partial charge in [0, 0.05) is 48.9 Å². The van der Waals surface area contributed by atoms with Crippen molar-refractivity contribution in [3.63, 3.8) is 0 Å². The molecule has 0 spiro atoms. The molecule has 9 atom stereocenters. The van der Waals surface area contributed by atoms with Gasteiger partial charge in [-0.05, 0) is 12.5 Å². The maximum absolute atomic E-state index is 12.8. The van der Waals surface area contributed by atoms with E-state index in [0.717, 1.165) is 29.4 Å². The zero-order chi connectivity index (χ0) is 59.2. The average molecular weight is 1220 g/mol. The zero-order valence-electron chi connectivity index (χ0n) is 41.0. The number of benzene rings is 1. The molecule has 15 N–H and O–H groups in total. The number of nitrogens with one attached hydrogen (secondary N) is 4. The van der Waals surface area contributed by atoms with E-state index in [-0.39, 0.29) is 59.3 Å². The number of carboxylic acids is 1. The van der Waals surface area contributed by atoms with E-state index in [1.54, 1.807) is 0 Å². The van der Waals surface area contributed by atoms with Gasteiger partial charge in [-0.2, -0.15) is 4.31 Å². The largest absolute Gasteiger partial charge is 0.481 e. The van der Waals surface area contributed by atoms with E-state index in [1.165, 1.54) is 13.8 Å². The normalized spacial score (nSPS) is 19.3. The number of nitro benzene ring substituents is 2. The second kappa shape index (κ2) is 28.6. The van der Waals surface area contributed by atoms with Crippen molar-refractivity contribution in [3.05, 3.63) is 51.1 Å². The summed E-state index contributed by atoms with van der Waals surface area (Å²) in [5.41, 5.74) is 8.76. The quantitative estimate of drug-likeness (QED) is 0.0106. The van der Waals surface area contributed by atoms with Gasteiger partial charge in [-0.3, -0.25) is 67.1 Å². The first-order valence-corrected chi connectivity index (χ1v) is 28.9. The van der Waals surface area contributed by atoms with Crippen LogP contribution >= 0.6 is 47.0 Å². The Morgan fingerprint density at radius 3 is 2.27 bits per heavy atom. The summed E-state index contributed by atoms with van der Waals surface area (Å²) in [5.74, 6) is -5.41. The Bertz CT molecular complexity index is 2900. The highest BCUT2D eigenvalue weighted by atomic mass is 32.2. The number of nitro groups is 2. The van der Waals surface area contributed by atoms with Crippen molar-refractivity contribution in [2.75, 3.05) is 50.1 Å². The Hall–Kier alpha value is -5.70. The van der Waals surface area contributed by atoms with Gasteiger partial charge in [-0.25, -0.2) is 28.6 Å². The summed E-state index contributed by atoms with van der Waals surface area (Å²) in [6.07, 6.45) is -8.16. The van der Waals surface area contributed by atoms with Gasteiger partial charge >= 0.3 is 29.4 Å². The maximum atomic E-state index is 12.8. The fraction of sp³-hybridized carbons (Fsp3) is 0.541. The molecule has 1 aliphatic rings. The molecule has 0 bridgehead atoms. The van der Waals surface area contributed by atoms with Gasteiger partial charge in [0.15, 0.2) is 17.7 Å². The van der Waals surface area contributed by atoms with Crippen LogP contribution in [0.2, 0.25) is 0 Å². The number of fused-ring (bicyclic) bond motifs is 1. The third-order valence-electron chi connectivity index (χ3n) is 10.6. The van der Waals surface area contributed by atoms with Crippen LogP contribution in [0, 0.1) is 25.6 Å². The van der Waals surface area contributed by atoms with Crippen LogP contribution in [0.1, 0.15) is 39.3 Å². The van der Waals surface area contributed by atoms with Crippen LogP contribution in [0.5, 0.6) is 0 Å². The van der Waals surface area contributed by atoms with Crippen LogP contribution < -0.4 is 32.7 Å². The first kappa shape index (κ1) is 65.8. The number of carboxylic acid groups (broad SMARTS) is 1. The Morgan fingerprint density at radius 1 is 0.937 bits per heavy atom. The number of nitrogens with two attached hydrogens (primary N) is 2. The summed E-state index contributed by atoms with van der Waals surface area (Å²) in [6, 6.07) is 0.0762. The van der Waals surface area contributed by atoms with Crippen molar-refractivity contribution < 1.29 is 110 Å². The molecule has 4 amide bonds. The summed E-state index contributed by atoms with van der Waals surface area (Å²) in [4.78, 5) is 146. The van der Waals surface area contributed by atoms with E-state index < -0.39 is 154 Å². The number of non-ortho nitro benzene ring substituents is 1. The first-order valence-electron chi connectivity index (χ1n) is 22.4. The molecule has 1 fully saturated rings. The minimum absolute atomic E-state index is 0.00860. The number of anilines is 1. The van der Waals surface area contributed by atoms with Crippen LogP contribution in [0.3, 0.4) is 0 Å². The molecule has 0 saturated carbocycles. The number of ether oxygens (including phenoxy) is 1. The minimum Gasteiger partial charge on any atom is -0.480 e. The molecule has 1 aliphatic heterocycles. The smallest absolute Gasteiger partial charge is 0.480 e. The molecular formula is C37H53N12O25P3S2. The molecule has 1 saturated heterocycles. The Labute approximate surface area is 452 Å². The molecule has 0 aliphatic carbocycles. The lowest BCUT2D eigenvalue weighted by molar-refractivity contribution is -0.396. The van der Waals surface area contributed by atoms with Crippen LogP contribution in [0.4, 0.5) is 17.2 Å². The van der Waals surface area contributed by atoms with Crippen molar-refractivity contribution in [3.8, 4) is 0 Å². The Balaban J connectivity index is 1.16. The second-order valence-corrected chi connectivity index (χ2v) is 23.5. The predicted molar refractivity (Wildman–Crippen MR) is 267 cm³/mol. The number of rotatable bonds is 32.